The largest absolute Gasteiger partial charge is 0.338 e. The monoisotopic (exact) mass is 380 g/mol. The van der Waals surface area contributed by atoms with Crippen LogP contribution >= 0.6 is 0 Å². The van der Waals surface area contributed by atoms with Crippen LogP contribution in [0.5, 0.6) is 0 Å². The minimum atomic E-state index is -0.167. The van der Waals surface area contributed by atoms with Gasteiger partial charge in [0.1, 0.15) is 0 Å². The number of aromatic nitrogens is 4. The van der Waals surface area contributed by atoms with Crippen LogP contribution in [0.15, 0.2) is 66.9 Å². The molecule has 0 bridgehead atoms. The minimum Gasteiger partial charge on any atom is -0.338 e. The molecule has 6 rings (SSSR count). The van der Waals surface area contributed by atoms with Crippen LogP contribution < -0.4 is 11.1 Å². The molecule has 1 fully saturated rings. The van der Waals surface area contributed by atoms with Gasteiger partial charge in [0, 0.05) is 22.9 Å². The molecule has 2 aliphatic rings. The Morgan fingerprint density at radius 1 is 0.897 bits per heavy atom. The highest BCUT2D eigenvalue weighted by Gasteiger charge is 2.34. The lowest BCUT2D eigenvalue weighted by Gasteiger charge is -2.38. The Labute approximate surface area is 168 Å². The first-order chi connectivity index (χ1) is 14.2. The van der Waals surface area contributed by atoms with Crippen molar-refractivity contribution in [2.24, 2.45) is 5.73 Å². The number of nitrogens with two attached hydrogens (primary N) is 1. The molecule has 0 saturated heterocycles. The highest BCUT2D eigenvalue weighted by Crippen LogP contribution is 2.41. The van der Waals surface area contributed by atoms with Gasteiger partial charge in [-0.05, 0) is 49.1 Å². The Bertz CT molecular complexity index is 1220. The molecule has 2 aromatic heterocycles. The lowest BCUT2D eigenvalue weighted by molar-refractivity contribution is 0.253. The van der Waals surface area contributed by atoms with E-state index in [-0.39, 0.29) is 5.54 Å². The Kier molecular flexibility index (Phi) is 3.40. The number of hydrogen-bond acceptors (Lipinski definition) is 5. The van der Waals surface area contributed by atoms with Crippen molar-refractivity contribution in [1.29, 1.82) is 0 Å². The van der Waals surface area contributed by atoms with Crippen molar-refractivity contribution in [3.8, 4) is 28.5 Å². The van der Waals surface area contributed by atoms with Crippen LogP contribution in [0.3, 0.4) is 0 Å². The highest BCUT2D eigenvalue weighted by atomic mass is 15.3. The van der Waals surface area contributed by atoms with E-state index in [1.165, 1.54) is 12.0 Å². The zero-order valence-electron chi connectivity index (χ0n) is 15.8. The van der Waals surface area contributed by atoms with E-state index in [0.29, 0.717) is 0 Å². The van der Waals surface area contributed by atoms with Crippen LogP contribution in [-0.4, -0.2) is 19.7 Å². The molecular weight excluding hydrogens is 360 g/mol. The van der Waals surface area contributed by atoms with Crippen molar-refractivity contribution in [2.75, 3.05) is 5.32 Å². The maximum Gasteiger partial charge on any atom is 0.171 e. The summed E-state index contributed by atoms with van der Waals surface area (Å²) in [7, 11) is 0. The number of rotatable bonds is 2. The molecule has 0 atom stereocenters. The van der Waals surface area contributed by atoms with E-state index >= 15 is 0 Å². The topological polar surface area (TPSA) is 81.7 Å². The van der Waals surface area contributed by atoms with Gasteiger partial charge in [0.25, 0.3) is 0 Å². The van der Waals surface area contributed by atoms with Gasteiger partial charge in [-0.3, -0.25) is 4.57 Å². The van der Waals surface area contributed by atoms with Gasteiger partial charge in [0.15, 0.2) is 17.5 Å². The van der Waals surface area contributed by atoms with Gasteiger partial charge in [-0.1, -0.05) is 36.4 Å². The molecule has 1 aliphatic heterocycles. The maximum absolute atomic E-state index is 6.49. The Balaban J connectivity index is 1.54. The van der Waals surface area contributed by atoms with E-state index in [9.17, 15) is 0 Å². The maximum atomic E-state index is 6.49. The molecule has 6 heteroatoms. The van der Waals surface area contributed by atoms with Gasteiger partial charge in [0.2, 0.25) is 0 Å². The first kappa shape index (κ1) is 16.4. The Morgan fingerprint density at radius 2 is 1.69 bits per heavy atom. The van der Waals surface area contributed by atoms with E-state index < -0.39 is 0 Å². The second kappa shape index (κ2) is 5.99. The molecule has 6 nitrogen and oxygen atoms in total. The number of hydrogen-bond donors (Lipinski definition) is 2. The Morgan fingerprint density at radius 3 is 2.48 bits per heavy atom. The number of benzene rings is 2. The molecule has 4 aromatic rings. The molecule has 3 N–H and O–H groups in total. The third kappa shape index (κ3) is 2.42. The number of para-hydroxylation sites is 1. The standard InChI is InChI=1S/C23H20N6/c24-23(12-4-13-23)16-10-8-15(9-11-16)21-27-28-22-17-5-1-2-6-18(17)26-20-19(29(21)22)7-3-14-25-20/h1-3,5-11,14H,4,12-13,24H2,(H,25,26). The Hall–Kier alpha value is -3.51. The molecule has 142 valence electrons. The fraction of sp³-hybridized carbons (Fsp3) is 0.174. The van der Waals surface area contributed by atoms with Gasteiger partial charge in [-0.2, -0.15) is 0 Å². The van der Waals surface area contributed by atoms with E-state index in [4.69, 9.17) is 5.73 Å². The number of fused-ring (bicyclic) bond motifs is 5. The first-order valence-corrected chi connectivity index (χ1v) is 9.90. The average Bonchev–Trinajstić information content (AvgIpc) is 3.12. The zero-order chi connectivity index (χ0) is 19.4. The number of anilines is 2. The van der Waals surface area contributed by atoms with Crippen molar-refractivity contribution in [3.05, 3.63) is 72.4 Å². The van der Waals surface area contributed by atoms with Gasteiger partial charge < -0.3 is 11.1 Å². The second-order valence-electron chi connectivity index (χ2n) is 7.81. The smallest absolute Gasteiger partial charge is 0.171 e. The summed E-state index contributed by atoms with van der Waals surface area (Å²) in [5.41, 5.74) is 11.4. The molecule has 0 spiro atoms. The van der Waals surface area contributed by atoms with Crippen LogP contribution in [0.25, 0.3) is 28.5 Å². The fourth-order valence-corrected chi connectivity index (χ4v) is 4.26. The van der Waals surface area contributed by atoms with Crippen LogP contribution in [-0.2, 0) is 5.54 Å². The van der Waals surface area contributed by atoms with E-state index in [1.54, 1.807) is 6.20 Å². The minimum absolute atomic E-state index is 0.167. The van der Waals surface area contributed by atoms with Crippen molar-refractivity contribution in [1.82, 2.24) is 19.7 Å². The lowest BCUT2D eigenvalue weighted by Crippen LogP contribution is -2.43. The van der Waals surface area contributed by atoms with Crippen molar-refractivity contribution in [2.45, 2.75) is 24.8 Å². The predicted molar refractivity (Wildman–Crippen MR) is 113 cm³/mol. The average molecular weight is 380 g/mol. The molecule has 0 radical (unpaired) electrons. The van der Waals surface area contributed by atoms with E-state index in [0.717, 1.165) is 52.8 Å². The third-order valence-corrected chi connectivity index (χ3v) is 6.08. The number of pyridine rings is 1. The van der Waals surface area contributed by atoms with Crippen molar-refractivity contribution < 1.29 is 0 Å². The predicted octanol–water partition coefficient (Wildman–Crippen LogP) is 4.39. The van der Waals surface area contributed by atoms with Crippen LogP contribution in [0.2, 0.25) is 0 Å². The number of nitrogens with zero attached hydrogens (tertiary/aromatic N) is 4. The van der Waals surface area contributed by atoms with Crippen LogP contribution in [0.1, 0.15) is 24.8 Å². The summed E-state index contributed by atoms with van der Waals surface area (Å²) in [6.07, 6.45) is 5.09. The fourth-order valence-electron chi connectivity index (χ4n) is 4.26. The molecule has 1 aliphatic carbocycles. The first-order valence-electron chi connectivity index (χ1n) is 9.90. The molecule has 0 amide bonds. The van der Waals surface area contributed by atoms with Crippen molar-refractivity contribution in [3.63, 3.8) is 0 Å². The molecule has 2 aromatic carbocycles. The number of nitrogens with one attached hydrogen (secondary N) is 1. The van der Waals surface area contributed by atoms with Gasteiger partial charge in [0.05, 0.1) is 11.4 Å². The second-order valence-corrected chi connectivity index (χ2v) is 7.81. The van der Waals surface area contributed by atoms with Crippen molar-refractivity contribution >= 4 is 11.5 Å². The summed E-state index contributed by atoms with van der Waals surface area (Å²) in [5.74, 6) is 2.37. The zero-order valence-corrected chi connectivity index (χ0v) is 15.8. The molecular formula is C23H20N6. The van der Waals surface area contributed by atoms with E-state index in [1.807, 2.05) is 30.3 Å². The molecule has 3 heterocycles. The summed E-state index contributed by atoms with van der Waals surface area (Å²) in [4.78, 5) is 4.55. The van der Waals surface area contributed by atoms with E-state index in [2.05, 4.69) is 55.4 Å². The van der Waals surface area contributed by atoms with Crippen LogP contribution in [0.4, 0.5) is 11.5 Å². The van der Waals surface area contributed by atoms with Gasteiger partial charge in [-0.25, -0.2) is 4.98 Å². The summed E-state index contributed by atoms with van der Waals surface area (Å²) in [6.45, 7) is 0. The highest BCUT2D eigenvalue weighted by molar-refractivity contribution is 5.84. The summed E-state index contributed by atoms with van der Waals surface area (Å²) < 4.78 is 2.08. The SMILES string of the molecule is NC1(c2ccc(-c3nnc4n3-c3cccnc3Nc3ccccc3-4)cc2)CCC1. The molecule has 29 heavy (non-hydrogen) atoms. The molecule has 1 saturated carbocycles. The summed E-state index contributed by atoms with van der Waals surface area (Å²) >= 11 is 0. The quantitative estimate of drug-likeness (QED) is 0.475. The molecule has 0 unspecified atom stereocenters. The van der Waals surface area contributed by atoms with Gasteiger partial charge >= 0.3 is 0 Å². The summed E-state index contributed by atoms with van der Waals surface area (Å²) in [6, 6.07) is 20.5. The normalized spacial score (nSPS) is 15.9. The van der Waals surface area contributed by atoms with Crippen LogP contribution in [0, 0.1) is 0 Å². The lowest BCUT2D eigenvalue weighted by atomic mass is 9.73. The van der Waals surface area contributed by atoms with Gasteiger partial charge in [-0.15, -0.1) is 10.2 Å². The third-order valence-electron chi connectivity index (χ3n) is 6.08. The summed E-state index contributed by atoms with van der Waals surface area (Å²) in [5, 5.41) is 12.6.